The Labute approximate surface area is 1370 Å². The van der Waals surface area contributed by atoms with E-state index >= 15 is 0 Å². The van der Waals surface area contributed by atoms with E-state index in [-0.39, 0.29) is 981 Å². The number of benzene rings is 12. The van der Waals surface area contributed by atoms with Crippen LogP contribution in [0.3, 0.4) is 0 Å². The van der Waals surface area contributed by atoms with Crippen molar-refractivity contribution in [3.8, 4) is 61.4 Å². The molecule has 12 aromatic rings. The maximum atomic E-state index is 8.42. The summed E-state index contributed by atoms with van der Waals surface area (Å²) in [7, 11) is 0.704. The van der Waals surface area contributed by atoms with Gasteiger partial charge in [0.1, 0.15) is 5.75 Å². The topological polar surface area (TPSA) is 29.5 Å². The first kappa shape index (κ1) is 172. The van der Waals surface area contributed by atoms with E-state index in [4.69, 9.17) is 32.9 Å². The van der Waals surface area contributed by atoms with Crippen molar-refractivity contribution in [2.75, 3.05) is 0 Å². The fourth-order valence-corrected chi connectivity index (χ4v) is 12.3. The zero-order valence-corrected chi connectivity index (χ0v) is 144. The predicted molar refractivity (Wildman–Crippen MR) is 304 cm³/mol. The predicted octanol–water partition coefficient (Wildman–Crippen LogP) is 19.1. The molecule has 1 N–H and O–H groups in total. The zero-order valence-electron chi connectivity index (χ0n) is 56.2. The molecule has 2 aliphatic carbocycles. The number of hydrogen-bond acceptors (Lipinski definition) is 2. The molecule has 14 rings (SSSR count). The summed E-state index contributed by atoms with van der Waals surface area (Å²) >= 11 is 16.5. The van der Waals surface area contributed by atoms with Gasteiger partial charge in [-0.1, -0.05) is 173 Å². The molecule has 31 radical (unpaired) electrons. The van der Waals surface area contributed by atoms with E-state index in [1.54, 1.807) is 0 Å². The number of para-hydroxylation sites is 1. The smallest absolute Gasteiger partial charge is 0.537 e. The molecular weight excluding hydrogens is 3630 g/mol. The maximum absolute atomic E-state index is 8.42. The van der Waals surface area contributed by atoms with Gasteiger partial charge >= 0.3 is 7.69 Å². The molecule has 0 heterocycles. The first-order valence-electron chi connectivity index (χ1n) is 23.4. The Morgan fingerprint density at radius 2 is 0.540 bits per heavy atom. The molecule has 2 nitrogen and oxygen atoms in total. The van der Waals surface area contributed by atoms with Crippen molar-refractivity contribution < 1.29 is 991 Å². The Balaban J connectivity index is -0.0000000536. The summed E-state index contributed by atoms with van der Waals surface area (Å²) in [6.45, 7) is 8.28. The van der Waals surface area contributed by atoms with E-state index in [0.29, 0.717) is 7.69 Å². The van der Waals surface area contributed by atoms with Gasteiger partial charge in [0.05, 0.1) is 0 Å². The molecular formula is C64H43BBrCl2O2Y30. The summed E-state index contributed by atoms with van der Waals surface area (Å²) in [4.78, 5) is 0. The molecule has 0 unspecified atom stereocenters. The molecule has 0 fully saturated rings. The molecule has 0 atom stereocenters. The first-order chi connectivity index (χ1) is 34.1. The van der Waals surface area contributed by atoms with Crippen LogP contribution >= 0.6 is 39.1 Å². The second-order valence-electron chi connectivity index (χ2n) is 18.5. The van der Waals surface area contributed by atoms with Crippen LogP contribution in [0.15, 0.2) is 186 Å². The Morgan fingerprint density at radius 1 is 0.260 bits per heavy atom. The molecule has 0 saturated heterocycles. The largest absolute Gasteiger partial charge is 0.569 e. The fourth-order valence-electron chi connectivity index (χ4n) is 11.4. The average Bonchev–Trinajstić information content (AvgIpc) is 3.87. The van der Waals surface area contributed by atoms with Crippen molar-refractivity contribution in [3.05, 3.63) is 219 Å². The van der Waals surface area contributed by atoms with Gasteiger partial charge in [0.2, 0.25) is 0 Å². The first-order valence-corrected chi connectivity index (χ1v) is 25.0. The van der Waals surface area contributed by atoms with Crippen LogP contribution in [0, 0.1) is 27.7 Å². The number of hydrogen-bond donors (Lipinski definition) is 1. The summed E-state index contributed by atoms with van der Waals surface area (Å²) in [6.07, 6.45) is 0. The van der Waals surface area contributed by atoms with Crippen molar-refractivity contribution in [1.82, 2.24) is 0 Å². The van der Waals surface area contributed by atoms with Crippen LogP contribution in [0.2, 0.25) is 10.0 Å². The second kappa shape index (κ2) is 87.9. The molecule has 100 heavy (non-hydrogen) atoms. The van der Waals surface area contributed by atoms with Crippen molar-refractivity contribution >= 4 is 111 Å². The third-order valence-electron chi connectivity index (χ3n) is 14.4. The van der Waals surface area contributed by atoms with Gasteiger partial charge in [-0.15, -0.1) is 0 Å². The minimum Gasteiger partial charge on any atom is -0.537 e. The SMILES string of the molecule is Cc1cccc(C)c1-c1cc2c3cccc4c3c(cc2c2ccc(Cl)cc12)-c1ccccc1-4.Cc1cccc(C)c1O[B]O.Clc1ccc2c(c1)c(Br)cc1c3cccc4c3c(cc21)-c1ccccc1-4.[Y].[Y].[Y].[Y].[Y].[Y].[Y].[Y].[Y].[Y].[Y].[Y].[Y].[Y].[Y].[Y].[Y].[Y].[Y].[Y].[Y].[Y].[Y].[Y].[Y].[Y].[Y].[Y].[Y].[Y]. The molecule has 425 valence electrons. The molecule has 0 saturated carbocycles. The van der Waals surface area contributed by atoms with Crippen molar-refractivity contribution in [2.24, 2.45) is 0 Å². The number of aryl methyl sites for hydroxylation is 4. The van der Waals surface area contributed by atoms with Gasteiger partial charge in [0, 0.05) is 996 Å². The third-order valence-corrected chi connectivity index (χ3v) is 15.5. The van der Waals surface area contributed by atoms with Gasteiger partial charge in [-0.25, -0.2) is 0 Å². The molecule has 0 aliphatic heterocycles. The molecule has 2 aliphatic rings. The molecule has 0 aromatic heterocycles. The van der Waals surface area contributed by atoms with E-state index in [9.17, 15) is 0 Å². The summed E-state index contributed by atoms with van der Waals surface area (Å²) in [5.74, 6) is 0.731. The quantitative estimate of drug-likeness (QED) is 0.141. The Morgan fingerprint density at radius 3 is 0.900 bits per heavy atom. The minimum absolute atomic E-state index is 0. The molecule has 12 aromatic carbocycles. The molecule has 36 heteroatoms. The maximum Gasteiger partial charge on any atom is 0.569 e. The summed E-state index contributed by atoms with van der Waals surface area (Å²) in [5, 5.41) is 25.3. The molecule has 0 bridgehead atoms. The fraction of sp³-hybridized carbons (Fsp3) is 0.0625. The van der Waals surface area contributed by atoms with Crippen molar-refractivity contribution in [1.29, 1.82) is 0 Å². The van der Waals surface area contributed by atoms with E-state index in [2.05, 4.69) is 175 Å². The van der Waals surface area contributed by atoms with E-state index in [0.717, 1.165) is 36.8 Å². The van der Waals surface area contributed by atoms with Crippen LogP contribution in [0.25, 0.3) is 120 Å². The van der Waals surface area contributed by atoms with Crippen molar-refractivity contribution in [2.45, 2.75) is 27.7 Å². The third kappa shape index (κ3) is 43.1. The van der Waals surface area contributed by atoms with Crippen molar-refractivity contribution in [3.63, 3.8) is 0 Å². The van der Waals surface area contributed by atoms with Crippen LogP contribution in [0.5, 0.6) is 5.75 Å². The monoisotopic (exact) mass is 3670 g/mol. The number of rotatable bonds is 3. The van der Waals surface area contributed by atoms with Crippen LogP contribution in [0.4, 0.5) is 0 Å². The molecule has 0 amide bonds. The standard InChI is InChI=1S/C32H21Cl.C24H12BrCl.C8H10BO2.30Y/c1-18-7-5-8-19(2)31(18)30-17-28-25-12-6-11-24-21-9-3-4-10-22(21)29(32(24)25)16-27(28)23-14-13-20(33)15-26(23)30;25-23-12-20-18-7-3-6-17-14-4-1-2-5-15(14)22(24(17)18)11-19(20)16-9-8-13(26)10-21(16)23;1-6-4-3-5-7(2)8(6)11-9-10;;;;;;;;;;;;;;;;;;;;;;;;;;;;;;/h3-17H,1-2H3;1-12H;3-5,10H,1-2H3;;;;;;;;;;;;;;;;;;;;;;;;;;;;;;. The van der Waals surface area contributed by atoms with E-state index in [1.807, 2.05) is 50.2 Å². The number of halogens is 3. The van der Waals surface area contributed by atoms with E-state index < -0.39 is 0 Å². The van der Waals surface area contributed by atoms with Crippen LogP contribution < -0.4 is 4.65 Å². The Kier molecular flexibility index (Phi) is 151. The summed E-state index contributed by atoms with van der Waals surface area (Å²) in [6, 6.07) is 65.1. The van der Waals surface area contributed by atoms with Gasteiger partial charge < -0.3 is 9.68 Å². The number of fused-ring (bicyclic) bond motifs is 14. The van der Waals surface area contributed by atoms with E-state index in [1.165, 1.54) is 126 Å². The minimum atomic E-state index is 0. The van der Waals surface area contributed by atoms with Crippen LogP contribution in [-0.2, 0) is 981 Å². The van der Waals surface area contributed by atoms with Gasteiger partial charge in [-0.2, -0.15) is 0 Å². The van der Waals surface area contributed by atoms with Gasteiger partial charge in [0.15, 0.2) is 0 Å². The van der Waals surface area contributed by atoms with Crippen LogP contribution in [0.1, 0.15) is 22.3 Å². The average molecular weight is 3670 g/mol. The van der Waals surface area contributed by atoms with Gasteiger partial charge in [-0.05, 0) is 219 Å². The van der Waals surface area contributed by atoms with Gasteiger partial charge in [0.25, 0.3) is 0 Å². The zero-order chi connectivity index (χ0) is 47.9. The van der Waals surface area contributed by atoms with Crippen LogP contribution in [-0.4, -0.2) is 12.7 Å². The Hall–Kier alpha value is 26.2. The normalized spacial score (nSPS) is 8.20. The summed E-state index contributed by atoms with van der Waals surface area (Å²) in [5.41, 5.74) is 17.8. The second-order valence-corrected chi connectivity index (χ2v) is 20.2. The van der Waals surface area contributed by atoms with Gasteiger partial charge in [-0.3, -0.25) is 0 Å². The Bertz CT molecular complexity index is 4230. The summed E-state index contributed by atoms with van der Waals surface area (Å²) < 4.78 is 5.98. The molecule has 0 spiro atoms.